The molecule has 0 saturated heterocycles. The van der Waals surface area contributed by atoms with Gasteiger partial charge in [-0.2, -0.15) is 0 Å². The first-order valence-electron chi connectivity index (χ1n) is 17.6. The number of thiophene rings is 3. The van der Waals surface area contributed by atoms with Gasteiger partial charge in [0.15, 0.2) is 23.1 Å². The summed E-state index contributed by atoms with van der Waals surface area (Å²) < 4.78 is 5.03. The molecule has 0 fully saturated rings. The Bertz CT molecular complexity index is 2800. The lowest BCUT2D eigenvalue weighted by atomic mass is 9.81. The van der Waals surface area contributed by atoms with Gasteiger partial charge in [-0.1, -0.05) is 76.2 Å². The van der Waals surface area contributed by atoms with Crippen molar-refractivity contribution in [2.24, 2.45) is 0 Å². The molecule has 0 radical (unpaired) electrons. The van der Waals surface area contributed by atoms with E-state index >= 15 is 0 Å². The molecule has 11 rings (SSSR count). The number of benzene rings is 4. The average Bonchev–Trinajstić information content (AvgIpc) is 3.96. The fourth-order valence-electron chi connectivity index (χ4n) is 8.82. The molecule has 254 valence electrons. The Hall–Kier alpha value is -5.34. The molecule has 4 aliphatic carbocycles. The summed E-state index contributed by atoms with van der Waals surface area (Å²) in [6.45, 7) is 8.74. The summed E-state index contributed by atoms with van der Waals surface area (Å²) in [4.78, 5) is 56.9. The molecule has 0 unspecified atom stereocenters. The minimum absolute atomic E-state index is 0.209. The quantitative estimate of drug-likeness (QED) is 0.131. The molecular weight excluding hydrogens is 713 g/mol. The fourth-order valence-corrected chi connectivity index (χ4v) is 13.9. The predicted molar refractivity (Wildman–Crippen MR) is 218 cm³/mol. The molecule has 0 aliphatic heterocycles. The summed E-state index contributed by atoms with van der Waals surface area (Å²) in [6, 6.07) is 23.0. The third-order valence-corrected chi connectivity index (χ3v) is 15.7. The normalized spacial score (nSPS) is 18.0. The van der Waals surface area contributed by atoms with E-state index in [1.807, 2.05) is 96.3 Å². The standard InChI is InChI=1S/C46H28O4S3/c1-45(2)25(17-31-37(47)27-13-21-9-5-6-10-22(21)14-28(27)38(31)48)19-33-35(45)41-43(51-33)44-42(53-41)36-34(52-44)20-26(46(36,3)4)18-32-39(49)29-15-23-11-7-8-12-24(23)16-30(29)40(32)50/h5-20H,1-4H3. The Balaban J connectivity index is 0.959. The SMILES string of the molecule is CC1(C)C(C=C2C(=O)c3cc4ccccc4cc3C2=O)=Cc2sc3c(sc4c5c(sc43)C=C(C=C3C(=O)c4cc6ccccc6cc4C3=O)C5(C)C)c21. The fraction of sp³-hybridized carbons (Fsp3) is 0.130. The highest BCUT2D eigenvalue weighted by molar-refractivity contribution is 7.39. The zero-order valence-electron chi connectivity index (χ0n) is 29.1. The monoisotopic (exact) mass is 740 g/mol. The third kappa shape index (κ3) is 3.99. The van der Waals surface area contributed by atoms with E-state index in [1.165, 1.54) is 39.7 Å². The number of ketones is 4. The van der Waals surface area contributed by atoms with Crippen LogP contribution >= 0.6 is 34.0 Å². The molecule has 3 heterocycles. The van der Waals surface area contributed by atoms with Crippen molar-refractivity contribution in [1.29, 1.82) is 0 Å². The van der Waals surface area contributed by atoms with Gasteiger partial charge in [0.2, 0.25) is 0 Å². The molecule has 4 nitrogen and oxygen atoms in total. The van der Waals surface area contributed by atoms with Gasteiger partial charge >= 0.3 is 0 Å². The van der Waals surface area contributed by atoms with Crippen molar-refractivity contribution in [3.63, 3.8) is 0 Å². The first-order valence-corrected chi connectivity index (χ1v) is 20.0. The molecule has 7 heteroatoms. The zero-order chi connectivity index (χ0) is 36.3. The van der Waals surface area contributed by atoms with Crippen molar-refractivity contribution in [2.45, 2.75) is 38.5 Å². The maximum atomic E-state index is 13.6. The number of carbonyl (C=O) groups is 4. The number of allylic oxidation sites excluding steroid dienone is 6. The minimum Gasteiger partial charge on any atom is -0.288 e. The van der Waals surface area contributed by atoms with Gasteiger partial charge in [-0.25, -0.2) is 0 Å². The van der Waals surface area contributed by atoms with Crippen molar-refractivity contribution in [1.82, 2.24) is 0 Å². The molecule has 0 saturated carbocycles. The lowest BCUT2D eigenvalue weighted by Gasteiger charge is -2.23. The molecule has 0 amide bonds. The van der Waals surface area contributed by atoms with Crippen LogP contribution in [0.2, 0.25) is 0 Å². The molecule has 7 aromatic rings. The lowest BCUT2D eigenvalue weighted by Crippen LogP contribution is -2.17. The highest BCUT2D eigenvalue weighted by atomic mass is 32.1. The molecule has 0 atom stereocenters. The van der Waals surface area contributed by atoms with E-state index in [-0.39, 0.29) is 34.3 Å². The zero-order valence-corrected chi connectivity index (χ0v) is 31.5. The van der Waals surface area contributed by atoms with E-state index in [0.717, 1.165) is 32.7 Å². The second-order valence-corrected chi connectivity index (χ2v) is 18.6. The van der Waals surface area contributed by atoms with Crippen LogP contribution in [0.4, 0.5) is 0 Å². The molecule has 3 aromatic heterocycles. The second-order valence-electron chi connectivity index (χ2n) is 15.5. The van der Waals surface area contributed by atoms with Gasteiger partial charge in [-0.05, 0) is 92.4 Å². The second kappa shape index (κ2) is 10.2. The molecule has 0 bridgehead atoms. The Morgan fingerprint density at radius 1 is 0.453 bits per heavy atom. The van der Waals surface area contributed by atoms with Crippen LogP contribution in [0.25, 0.3) is 52.5 Å². The van der Waals surface area contributed by atoms with E-state index in [9.17, 15) is 19.2 Å². The van der Waals surface area contributed by atoms with Crippen LogP contribution in [-0.2, 0) is 10.8 Å². The van der Waals surface area contributed by atoms with Gasteiger partial charge in [-0.15, -0.1) is 34.0 Å². The first kappa shape index (κ1) is 31.2. The molecule has 0 N–H and O–H groups in total. The molecule has 53 heavy (non-hydrogen) atoms. The van der Waals surface area contributed by atoms with Crippen molar-refractivity contribution in [3.8, 4) is 0 Å². The number of rotatable bonds is 2. The molecular formula is C46H28O4S3. The van der Waals surface area contributed by atoms with Crippen LogP contribution in [-0.4, -0.2) is 23.1 Å². The van der Waals surface area contributed by atoms with E-state index in [1.54, 1.807) is 22.7 Å². The summed E-state index contributed by atoms with van der Waals surface area (Å²) >= 11 is 5.37. The highest BCUT2D eigenvalue weighted by Crippen LogP contribution is 2.59. The topological polar surface area (TPSA) is 68.3 Å². The largest absolute Gasteiger partial charge is 0.288 e. The van der Waals surface area contributed by atoms with Crippen LogP contribution in [0.15, 0.2) is 107 Å². The maximum absolute atomic E-state index is 13.6. The van der Waals surface area contributed by atoms with Gasteiger partial charge in [0.25, 0.3) is 0 Å². The van der Waals surface area contributed by atoms with E-state index in [2.05, 4.69) is 39.8 Å². The molecule has 0 spiro atoms. The number of hydrogen-bond donors (Lipinski definition) is 0. The number of fused-ring (bicyclic) bond motifs is 11. The predicted octanol–water partition coefficient (Wildman–Crippen LogP) is 11.8. The van der Waals surface area contributed by atoms with Crippen molar-refractivity contribution in [2.75, 3.05) is 0 Å². The van der Waals surface area contributed by atoms with Gasteiger partial charge in [-0.3, -0.25) is 19.2 Å². The lowest BCUT2D eigenvalue weighted by molar-refractivity contribution is 0.0973. The smallest absolute Gasteiger partial charge is 0.197 e. The first-order chi connectivity index (χ1) is 25.4. The van der Waals surface area contributed by atoms with Gasteiger partial charge in [0.05, 0.1) is 29.9 Å². The minimum atomic E-state index is -0.414. The Morgan fingerprint density at radius 3 is 1.09 bits per heavy atom. The summed E-state index contributed by atoms with van der Waals surface area (Å²) in [7, 11) is 0. The average molecular weight is 741 g/mol. The van der Waals surface area contributed by atoms with E-state index in [0.29, 0.717) is 22.3 Å². The van der Waals surface area contributed by atoms with Crippen LogP contribution in [0.3, 0.4) is 0 Å². The maximum Gasteiger partial charge on any atom is 0.197 e. The Labute approximate surface area is 316 Å². The summed E-state index contributed by atoms with van der Waals surface area (Å²) in [5.74, 6) is -0.838. The summed E-state index contributed by atoms with van der Waals surface area (Å²) in [5, 5.41) is 3.80. The van der Waals surface area contributed by atoms with Crippen molar-refractivity contribution in [3.05, 3.63) is 150 Å². The molecule has 4 aromatic carbocycles. The third-order valence-electron chi connectivity index (χ3n) is 11.8. The molecule has 4 aliphatic rings. The Kier molecular flexibility index (Phi) is 6.01. The number of hydrogen-bond acceptors (Lipinski definition) is 7. The Morgan fingerprint density at radius 2 is 0.774 bits per heavy atom. The van der Waals surface area contributed by atoms with Crippen LogP contribution in [0.5, 0.6) is 0 Å². The van der Waals surface area contributed by atoms with Crippen molar-refractivity contribution < 1.29 is 19.2 Å². The summed E-state index contributed by atoms with van der Waals surface area (Å²) in [6.07, 6.45) is 8.00. The number of Topliss-reactive ketones (excluding diaryl/α,β-unsaturated/α-hetero) is 4. The van der Waals surface area contributed by atoms with Gasteiger partial charge in [0, 0.05) is 42.8 Å². The summed E-state index contributed by atoms with van der Waals surface area (Å²) in [5.41, 5.74) is 5.97. The highest BCUT2D eigenvalue weighted by Gasteiger charge is 2.43. The van der Waals surface area contributed by atoms with Gasteiger partial charge in [0.1, 0.15) is 0 Å². The van der Waals surface area contributed by atoms with Crippen molar-refractivity contribution >= 4 is 110 Å². The van der Waals surface area contributed by atoms with E-state index < -0.39 is 10.8 Å². The van der Waals surface area contributed by atoms with Crippen LogP contribution < -0.4 is 0 Å². The van der Waals surface area contributed by atoms with Crippen LogP contribution in [0, 0.1) is 0 Å². The van der Waals surface area contributed by atoms with Crippen LogP contribution in [0.1, 0.15) is 90.0 Å². The van der Waals surface area contributed by atoms with E-state index in [4.69, 9.17) is 0 Å². The van der Waals surface area contributed by atoms with Gasteiger partial charge < -0.3 is 0 Å². The number of carbonyl (C=O) groups excluding carboxylic acids is 4.